The van der Waals surface area contributed by atoms with Gasteiger partial charge in [-0.25, -0.2) is 0 Å². The van der Waals surface area contributed by atoms with Crippen LogP contribution in [-0.2, 0) is 4.79 Å². The van der Waals surface area contributed by atoms with Crippen LogP contribution in [0, 0.1) is 0 Å². The summed E-state index contributed by atoms with van der Waals surface area (Å²) < 4.78 is 0.699. The second-order valence-electron chi connectivity index (χ2n) is 6.25. The summed E-state index contributed by atoms with van der Waals surface area (Å²) in [5, 5.41) is 5.58. The average Bonchev–Trinajstić information content (AvgIpc) is 3.09. The van der Waals surface area contributed by atoms with Crippen LogP contribution in [0.3, 0.4) is 0 Å². The van der Waals surface area contributed by atoms with Gasteiger partial charge in [0.1, 0.15) is 6.04 Å². The van der Waals surface area contributed by atoms with Crippen molar-refractivity contribution in [3.05, 3.63) is 52.3 Å². The quantitative estimate of drug-likeness (QED) is 0.789. The van der Waals surface area contributed by atoms with Gasteiger partial charge in [0.05, 0.1) is 16.8 Å². The molecule has 1 atom stereocenters. The number of fused-ring (bicyclic) bond motifs is 2. The molecule has 0 saturated carbocycles. The molecule has 2 aromatic rings. The van der Waals surface area contributed by atoms with Crippen LogP contribution in [0.4, 0.5) is 11.4 Å². The van der Waals surface area contributed by atoms with Crippen molar-refractivity contribution in [1.29, 1.82) is 0 Å². The molecular weight excluding hydrogens is 400 g/mol. The molecule has 2 N–H and O–H groups in total. The maximum Gasteiger partial charge on any atom is 0.257 e. The molecule has 0 unspecified atom stereocenters. The van der Waals surface area contributed by atoms with Crippen LogP contribution in [0.15, 0.2) is 41.1 Å². The van der Waals surface area contributed by atoms with Crippen molar-refractivity contribution in [3.63, 3.8) is 0 Å². The maximum atomic E-state index is 12.8. The van der Waals surface area contributed by atoms with Gasteiger partial charge in [0.25, 0.3) is 11.8 Å². The lowest BCUT2D eigenvalue weighted by Crippen LogP contribution is -2.40. The van der Waals surface area contributed by atoms with E-state index < -0.39 is 6.04 Å². The smallest absolute Gasteiger partial charge is 0.257 e. The number of aromatic nitrogens is 1. The van der Waals surface area contributed by atoms with E-state index in [0.717, 1.165) is 6.42 Å². The van der Waals surface area contributed by atoms with E-state index in [1.807, 2.05) is 0 Å². The number of nitrogens with zero attached hydrogens (tertiary/aromatic N) is 2. The number of carbonyl (C=O) groups excluding carboxylic acids is 3. The monoisotopic (exact) mass is 414 g/mol. The van der Waals surface area contributed by atoms with Gasteiger partial charge in [0, 0.05) is 29.1 Å². The minimum atomic E-state index is -0.416. The maximum absolute atomic E-state index is 12.8. The molecule has 1 saturated heterocycles. The van der Waals surface area contributed by atoms with E-state index in [2.05, 4.69) is 31.5 Å². The molecular formula is C18H15BrN4O3. The first-order valence-corrected chi connectivity index (χ1v) is 9.00. The highest BCUT2D eigenvalue weighted by molar-refractivity contribution is 9.10. The van der Waals surface area contributed by atoms with Gasteiger partial charge in [0.2, 0.25) is 5.91 Å². The third-order valence-corrected chi connectivity index (χ3v) is 4.98. The van der Waals surface area contributed by atoms with Crippen molar-refractivity contribution in [2.24, 2.45) is 0 Å². The zero-order valence-corrected chi connectivity index (χ0v) is 15.2. The molecule has 2 aliphatic rings. The lowest BCUT2D eigenvalue weighted by Gasteiger charge is -2.20. The Bertz CT molecular complexity index is 930. The molecule has 7 nitrogen and oxygen atoms in total. The van der Waals surface area contributed by atoms with Crippen molar-refractivity contribution in [2.75, 3.05) is 17.2 Å². The number of rotatable bonds is 2. The molecule has 132 valence electrons. The molecule has 26 heavy (non-hydrogen) atoms. The van der Waals surface area contributed by atoms with Gasteiger partial charge >= 0.3 is 0 Å². The molecule has 0 aliphatic carbocycles. The van der Waals surface area contributed by atoms with Crippen LogP contribution >= 0.6 is 15.9 Å². The number of benzene rings is 1. The number of amides is 3. The zero-order chi connectivity index (χ0) is 18.3. The molecule has 3 heterocycles. The minimum absolute atomic E-state index is 0.161. The molecule has 0 radical (unpaired) electrons. The highest BCUT2D eigenvalue weighted by Gasteiger charge is 2.38. The van der Waals surface area contributed by atoms with E-state index >= 15 is 0 Å². The Labute approximate surface area is 157 Å². The molecule has 1 aromatic carbocycles. The van der Waals surface area contributed by atoms with Crippen molar-refractivity contribution in [1.82, 2.24) is 9.88 Å². The van der Waals surface area contributed by atoms with E-state index in [0.29, 0.717) is 39.9 Å². The van der Waals surface area contributed by atoms with Gasteiger partial charge in [-0.1, -0.05) is 0 Å². The largest absolute Gasteiger partial charge is 0.327 e. The number of halogens is 1. The molecule has 8 heteroatoms. The topological polar surface area (TPSA) is 91.4 Å². The van der Waals surface area contributed by atoms with E-state index in [9.17, 15) is 14.4 Å². The summed E-state index contributed by atoms with van der Waals surface area (Å²) in [7, 11) is 0. The Morgan fingerprint density at radius 1 is 1.27 bits per heavy atom. The zero-order valence-electron chi connectivity index (χ0n) is 13.7. The third kappa shape index (κ3) is 2.96. The summed E-state index contributed by atoms with van der Waals surface area (Å²) in [5.41, 5.74) is 1.73. The van der Waals surface area contributed by atoms with E-state index in [1.165, 1.54) is 6.20 Å². The normalized spacial score (nSPS) is 18.7. The molecule has 1 aromatic heterocycles. The first-order valence-electron chi connectivity index (χ1n) is 8.21. The molecule has 3 amide bonds. The number of anilines is 2. The number of hydrogen-bond donors (Lipinski definition) is 2. The van der Waals surface area contributed by atoms with E-state index in [-0.39, 0.29) is 17.7 Å². The average molecular weight is 415 g/mol. The van der Waals surface area contributed by atoms with Gasteiger partial charge in [-0.05, 0) is 53.0 Å². The van der Waals surface area contributed by atoms with Crippen LogP contribution < -0.4 is 10.6 Å². The van der Waals surface area contributed by atoms with Gasteiger partial charge in [-0.15, -0.1) is 0 Å². The van der Waals surface area contributed by atoms with E-state index in [1.54, 1.807) is 35.4 Å². The second kappa shape index (κ2) is 6.53. The number of nitrogens with one attached hydrogen (secondary N) is 2. The highest BCUT2D eigenvalue weighted by atomic mass is 79.9. The fourth-order valence-electron chi connectivity index (χ4n) is 3.30. The summed E-state index contributed by atoms with van der Waals surface area (Å²) in [6, 6.07) is 6.14. The van der Waals surface area contributed by atoms with Crippen molar-refractivity contribution < 1.29 is 14.4 Å². The first-order chi connectivity index (χ1) is 12.5. The fourth-order valence-corrected chi connectivity index (χ4v) is 3.67. The summed E-state index contributed by atoms with van der Waals surface area (Å²) in [6.45, 7) is 0.566. The highest BCUT2D eigenvalue weighted by Crippen LogP contribution is 2.30. The molecule has 2 aliphatic heterocycles. The summed E-state index contributed by atoms with van der Waals surface area (Å²) in [4.78, 5) is 43.1. The predicted molar refractivity (Wildman–Crippen MR) is 99.0 cm³/mol. The van der Waals surface area contributed by atoms with Crippen molar-refractivity contribution in [2.45, 2.75) is 18.9 Å². The second-order valence-corrected chi connectivity index (χ2v) is 7.17. The standard InChI is InChI=1S/C18H15BrN4O3/c19-11-6-10(8-20-9-11)16(24)21-12-3-4-14-13(7-12)18(26)23-5-1-2-15(23)17(25)22-14/h3-4,6-9,15H,1-2,5H2,(H,21,24)(H,22,25)/t15-/m1/s1. The Morgan fingerprint density at radius 2 is 2.12 bits per heavy atom. The van der Waals surface area contributed by atoms with Gasteiger partial charge < -0.3 is 15.5 Å². The number of pyridine rings is 1. The summed E-state index contributed by atoms with van der Waals surface area (Å²) in [6.07, 6.45) is 4.53. The number of hydrogen-bond acceptors (Lipinski definition) is 4. The van der Waals surface area contributed by atoms with E-state index in [4.69, 9.17) is 0 Å². The van der Waals surface area contributed by atoms with Crippen LogP contribution in [0.25, 0.3) is 0 Å². The Balaban J connectivity index is 1.63. The summed E-state index contributed by atoms with van der Waals surface area (Å²) in [5.74, 6) is -0.685. The van der Waals surface area contributed by atoms with Crippen LogP contribution in [0.1, 0.15) is 33.6 Å². The lowest BCUT2D eigenvalue weighted by molar-refractivity contribution is -0.119. The fraction of sp³-hybridized carbons (Fsp3) is 0.222. The first kappa shape index (κ1) is 16.7. The number of carbonyl (C=O) groups is 3. The Hall–Kier alpha value is -2.74. The molecule has 0 spiro atoms. The lowest BCUT2D eigenvalue weighted by atomic mass is 10.1. The van der Waals surface area contributed by atoms with Crippen LogP contribution in [0.5, 0.6) is 0 Å². The van der Waals surface area contributed by atoms with Gasteiger partial charge in [0.15, 0.2) is 0 Å². The Morgan fingerprint density at radius 3 is 2.92 bits per heavy atom. The molecule has 4 rings (SSSR count). The Kier molecular flexibility index (Phi) is 4.20. The van der Waals surface area contributed by atoms with Gasteiger partial charge in [-0.3, -0.25) is 19.4 Å². The van der Waals surface area contributed by atoms with Crippen molar-refractivity contribution >= 4 is 45.0 Å². The van der Waals surface area contributed by atoms with Crippen molar-refractivity contribution in [3.8, 4) is 0 Å². The minimum Gasteiger partial charge on any atom is -0.327 e. The SMILES string of the molecule is O=C(Nc1ccc2c(c1)C(=O)N1CCC[C@@H]1C(=O)N2)c1cncc(Br)c1. The molecule has 0 bridgehead atoms. The third-order valence-electron chi connectivity index (χ3n) is 4.55. The van der Waals surface area contributed by atoms with Crippen LogP contribution in [0.2, 0.25) is 0 Å². The van der Waals surface area contributed by atoms with Gasteiger partial charge in [-0.2, -0.15) is 0 Å². The molecule has 1 fully saturated rings. The summed E-state index contributed by atoms with van der Waals surface area (Å²) >= 11 is 3.28. The van der Waals surface area contributed by atoms with Crippen LogP contribution in [-0.4, -0.2) is 40.2 Å². The predicted octanol–water partition coefficient (Wildman–Crippen LogP) is 2.65.